The van der Waals surface area contributed by atoms with E-state index in [2.05, 4.69) is 12.3 Å². The second kappa shape index (κ2) is 4.13. The summed E-state index contributed by atoms with van der Waals surface area (Å²) in [6.07, 6.45) is 1.86. The highest BCUT2D eigenvalue weighted by Gasteiger charge is 1.88. The fourth-order valence-electron chi connectivity index (χ4n) is 0.472. The van der Waals surface area contributed by atoms with Gasteiger partial charge in [-0.25, -0.2) is 0 Å². The highest BCUT2D eigenvalue weighted by Crippen LogP contribution is 2.00. The van der Waals surface area contributed by atoms with Gasteiger partial charge in [-0.05, 0) is 31.1 Å². The SMILES string of the molecule is C=C(CN)C(C)=C=CC. The van der Waals surface area contributed by atoms with Gasteiger partial charge < -0.3 is 5.73 Å². The molecule has 9 heavy (non-hydrogen) atoms. The predicted molar refractivity (Wildman–Crippen MR) is 41.1 cm³/mol. The highest BCUT2D eigenvalue weighted by molar-refractivity contribution is 5.25. The smallest absolute Gasteiger partial charge is 0.0181 e. The third-order valence-corrected chi connectivity index (χ3v) is 1.14. The van der Waals surface area contributed by atoms with Gasteiger partial charge in [0.15, 0.2) is 0 Å². The van der Waals surface area contributed by atoms with E-state index in [4.69, 9.17) is 5.73 Å². The fraction of sp³-hybridized carbons (Fsp3) is 0.375. The molecule has 0 amide bonds. The van der Waals surface area contributed by atoms with Crippen molar-refractivity contribution in [2.24, 2.45) is 5.73 Å². The zero-order valence-electron chi connectivity index (χ0n) is 6.07. The molecule has 0 aromatic rings. The molecular formula is C8H13N. The molecule has 0 atom stereocenters. The molecule has 0 saturated carbocycles. The molecule has 0 rings (SSSR count). The maximum absolute atomic E-state index is 5.33. The fourth-order valence-corrected chi connectivity index (χ4v) is 0.472. The van der Waals surface area contributed by atoms with E-state index in [0.29, 0.717) is 6.54 Å². The third-order valence-electron chi connectivity index (χ3n) is 1.14. The minimum Gasteiger partial charge on any atom is -0.326 e. The first-order valence-corrected chi connectivity index (χ1v) is 2.98. The second-order valence-corrected chi connectivity index (χ2v) is 1.87. The maximum atomic E-state index is 5.33. The van der Waals surface area contributed by atoms with Gasteiger partial charge in [0.25, 0.3) is 0 Å². The van der Waals surface area contributed by atoms with Crippen LogP contribution in [0.25, 0.3) is 0 Å². The Balaban J connectivity index is 4.21. The van der Waals surface area contributed by atoms with Crippen molar-refractivity contribution >= 4 is 0 Å². The van der Waals surface area contributed by atoms with Crippen LogP contribution in [0.5, 0.6) is 0 Å². The molecule has 1 nitrogen and oxygen atoms in total. The molecule has 0 heterocycles. The van der Waals surface area contributed by atoms with Crippen LogP contribution in [0.15, 0.2) is 29.5 Å². The topological polar surface area (TPSA) is 26.0 Å². The van der Waals surface area contributed by atoms with E-state index >= 15 is 0 Å². The first-order chi connectivity index (χ1) is 4.22. The van der Waals surface area contributed by atoms with Crippen molar-refractivity contribution in [3.05, 3.63) is 29.5 Å². The van der Waals surface area contributed by atoms with Crippen molar-refractivity contribution in [2.45, 2.75) is 13.8 Å². The summed E-state index contributed by atoms with van der Waals surface area (Å²) in [6, 6.07) is 0. The Bertz CT molecular complexity index is 159. The Morgan fingerprint density at radius 2 is 2.33 bits per heavy atom. The summed E-state index contributed by atoms with van der Waals surface area (Å²) in [7, 11) is 0. The molecule has 0 radical (unpaired) electrons. The lowest BCUT2D eigenvalue weighted by Crippen LogP contribution is -2.01. The molecule has 0 aromatic heterocycles. The summed E-state index contributed by atoms with van der Waals surface area (Å²) in [6.45, 7) is 8.15. The van der Waals surface area contributed by atoms with Crippen LogP contribution in [0.4, 0.5) is 0 Å². The lowest BCUT2D eigenvalue weighted by molar-refractivity contribution is 1.15. The summed E-state index contributed by atoms with van der Waals surface area (Å²) < 4.78 is 0. The van der Waals surface area contributed by atoms with Crippen molar-refractivity contribution < 1.29 is 0 Å². The van der Waals surface area contributed by atoms with Gasteiger partial charge in [-0.2, -0.15) is 0 Å². The van der Waals surface area contributed by atoms with Gasteiger partial charge in [0.2, 0.25) is 0 Å². The number of hydrogen-bond donors (Lipinski definition) is 1. The summed E-state index contributed by atoms with van der Waals surface area (Å²) in [5.74, 6) is 0. The molecule has 0 unspecified atom stereocenters. The average molecular weight is 123 g/mol. The number of hydrogen-bond acceptors (Lipinski definition) is 1. The van der Waals surface area contributed by atoms with E-state index in [-0.39, 0.29) is 0 Å². The molecule has 0 aliphatic carbocycles. The van der Waals surface area contributed by atoms with Crippen LogP contribution in [0.1, 0.15) is 13.8 Å². The van der Waals surface area contributed by atoms with E-state index in [0.717, 1.165) is 11.1 Å². The molecule has 50 valence electrons. The third kappa shape index (κ3) is 2.91. The molecule has 0 saturated heterocycles. The van der Waals surface area contributed by atoms with Gasteiger partial charge in [-0.15, -0.1) is 5.73 Å². The second-order valence-electron chi connectivity index (χ2n) is 1.87. The number of rotatable bonds is 2. The van der Waals surface area contributed by atoms with Gasteiger partial charge in [-0.1, -0.05) is 6.58 Å². The van der Waals surface area contributed by atoms with E-state index in [1.807, 2.05) is 19.9 Å². The Morgan fingerprint density at radius 3 is 2.67 bits per heavy atom. The van der Waals surface area contributed by atoms with Crippen LogP contribution in [0.3, 0.4) is 0 Å². The van der Waals surface area contributed by atoms with Crippen molar-refractivity contribution in [2.75, 3.05) is 6.54 Å². The predicted octanol–water partition coefficient (Wildman–Crippen LogP) is 1.62. The van der Waals surface area contributed by atoms with E-state index in [9.17, 15) is 0 Å². The van der Waals surface area contributed by atoms with Gasteiger partial charge in [-0.3, -0.25) is 0 Å². The average Bonchev–Trinajstić information content (AvgIpc) is 1.87. The molecule has 0 aliphatic rings. The molecule has 0 aliphatic heterocycles. The normalized spacial score (nSPS) is 7.89. The van der Waals surface area contributed by atoms with Crippen LogP contribution in [0.2, 0.25) is 0 Å². The first-order valence-electron chi connectivity index (χ1n) is 2.98. The first kappa shape index (κ1) is 8.22. The minimum absolute atomic E-state index is 0.521. The quantitative estimate of drug-likeness (QED) is 0.438. The van der Waals surface area contributed by atoms with Crippen molar-refractivity contribution in [3.8, 4) is 0 Å². The maximum Gasteiger partial charge on any atom is 0.0181 e. The summed E-state index contributed by atoms with van der Waals surface area (Å²) in [4.78, 5) is 0. The highest BCUT2D eigenvalue weighted by atomic mass is 14.5. The summed E-state index contributed by atoms with van der Waals surface area (Å²) >= 11 is 0. The minimum atomic E-state index is 0.521. The number of nitrogens with two attached hydrogens (primary N) is 1. The molecule has 1 heteroatoms. The zero-order chi connectivity index (χ0) is 7.28. The van der Waals surface area contributed by atoms with Crippen LogP contribution >= 0.6 is 0 Å². The lowest BCUT2D eigenvalue weighted by Gasteiger charge is -1.95. The van der Waals surface area contributed by atoms with Crippen LogP contribution in [-0.4, -0.2) is 6.54 Å². The van der Waals surface area contributed by atoms with Crippen LogP contribution in [0, 0.1) is 0 Å². The van der Waals surface area contributed by atoms with Crippen molar-refractivity contribution in [1.82, 2.24) is 0 Å². The molecule has 0 spiro atoms. The monoisotopic (exact) mass is 123 g/mol. The summed E-state index contributed by atoms with van der Waals surface area (Å²) in [5, 5.41) is 0. The van der Waals surface area contributed by atoms with E-state index < -0.39 is 0 Å². The van der Waals surface area contributed by atoms with Gasteiger partial charge >= 0.3 is 0 Å². The Morgan fingerprint density at radius 1 is 1.78 bits per heavy atom. The summed E-state index contributed by atoms with van der Waals surface area (Å²) in [5.41, 5.74) is 10.3. The Kier molecular flexibility index (Phi) is 3.78. The van der Waals surface area contributed by atoms with Gasteiger partial charge in [0.1, 0.15) is 0 Å². The van der Waals surface area contributed by atoms with Gasteiger partial charge in [0.05, 0.1) is 0 Å². The van der Waals surface area contributed by atoms with Crippen LogP contribution < -0.4 is 5.73 Å². The van der Waals surface area contributed by atoms with Gasteiger partial charge in [0, 0.05) is 6.54 Å². The van der Waals surface area contributed by atoms with E-state index in [1.54, 1.807) is 0 Å². The van der Waals surface area contributed by atoms with E-state index in [1.165, 1.54) is 0 Å². The Labute approximate surface area is 56.6 Å². The molecule has 0 aromatic carbocycles. The standard InChI is InChI=1S/C8H13N/c1-4-5-7(2)8(3)6-9/h4H,3,6,9H2,1-2H3. The van der Waals surface area contributed by atoms with Crippen LogP contribution in [-0.2, 0) is 0 Å². The van der Waals surface area contributed by atoms with Crippen molar-refractivity contribution in [3.63, 3.8) is 0 Å². The van der Waals surface area contributed by atoms with Crippen molar-refractivity contribution in [1.29, 1.82) is 0 Å². The zero-order valence-corrected chi connectivity index (χ0v) is 6.07. The molecular weight excluding hydrogens is 110 g/mol. The molecule has 0 fully saturated rings. The Hall–Kier alpha value is -0.780. The lowest BCUT2D eigenvalue weighted by atomic mass is 10.1. The largest absolute Gasteiger partial charge is 0.326 e. The molecule has 2 N–H and O–H groups in total. The molecule has 0 bridgehead atoms.